The van der Waals surface area contributed by atoms with E-state index in [9.17, 15) is 0 Å². The minimum absolute atomic E-state index is 0. The molecule has 0 bridgehead atoms. The number of nitrogens with one attached hydrogen (secondary N) is 2. The second-order valence-electron chi connectivity index (χ2n) is 6.20. The summed E-state index contributed by atoms with van der Waals surface area (Å²) in [6, 6.07) is 0.641. The first kappa shape index (κ1) is 18.0. The van der Waals surface area contributed by atoms with Gasteiger partial charge >= 0.3 is 0 Å². The van der Waals surface area contributed by atoms with Crippen LogP contribution in [0.1, 0.15) is 59.8 Å². The third-order valence-corrected chi connectivity index (χ3v) is 3.17. The van der Waals surface area contributed by atoms with Crippen LogP contribution in [0.25, 0.3) is 0 Å². The van der Waals surface area contributed by atoms with Crippen LogP contribution in [-0.2, 0) is 0 Å². The van der Waals surface area contributed by atoms with E-state index in [1.165, 1.54) is 25.7 Å². The summed E-state index contributed by atoms with van der Waals surface area (Å²) in [4.78, 5) is 4.66. The van der Waals surface area contributed by atoms with Crippen molar-refractivity contribution in [1.29, 1.82) is 0 Å². The Kier molecular flexibility index (Phi) is 8.99. The first-order valence-corrected chi connectivity index (χ1v) is 7.06. The number of hydrogen-bond donors (Lipinski definition) is 2. The number of guanidine groups is 1. The average molecular weight is 367 g/mol. The molecular formula is C14H30IN3. The molecule has 0 atom stereocenters. The molecule has 0 saturated heterocycles. The predicted octanol–water partition coefficient (Wildman–Crippen LogP) is 3.54. The van der Waals surface area contributed by atoms with E-state index in [1.54, 1.807) is 0 Å². The van der Waals surface area contributed by atoms with Gasteiger partial charge in [0.05, 0.1) is 0 Å². The lowest BCUT2D eigenvalue weighted by Gasteiger charge is -2.19. The number of hydrogen-bond acceptors (Lipinski definition) is 1. The SMILES string of the molecule is CCNC(=NCCC(C)(C)C)NC1CCCC1.I. The van der Waals surface area contributed by atoms with Crippen LogP contribution in [0.4, 0.5) is 0 Å². The molecule has 0 amide bonds. The number of rotatable bonds is 4. The van der Waals surface area contributed by atoms with Crippen LogP contribution in [0, 0.1) is 5.41 Å². The number of aliphatic imine (C=N–C) groups is 1. The molecular weight excluding hydrogens is 337 g/mol. The second kappa shape index (κ2) is 8.99. The van der Waals surface area contributed by atoms with Gasteiger partial charge in [-0.2, -0.15) is 0 Å². The van der Waals surface area contributed by atoms with Crippen LogP contribution in [0.3, 0.4) is 0 Å². The van der Waals surface area contributed by atoms with Crippen molar-refractivity contribution in [2.24, 2.45) is 10.4 Å². The summed E-state index contributed by atoms with van der Waals surface area (Å²) >= 11 is 0. The smallest absolute Gasteiger partial charge is 0.191 e. The first-order chi connectivity index (χ1) is 8.01. The predicted molar refractivity (Wildman–Crippen MR) is 90.9 cm³/mol. The molecule has 0 aromatic rings. The summed E-state index contributed by atoms with van der Waals surface area (Å²) in [6.45, 7) is 10.8. The van der Waals surface area contributed by atoms with Crippen molar-refractivity contribution in [3.05, 3.63) is 0 Å². The molecule has 1 aliphatic rings. The maximum atomic E-state index is 4.66. The zero-order valence-corrected chi connectivity index (χ0v) is 14.7. The van der Waals surface area contributed by atoms with E-state index in [4.69, 9.17) is 0 Å². The largest absolute Gasteiger partial charge is 0.357 e. The van der Waals surface area contributed by atoms with Crippen molar-refractivity contribution in [3.63, 3.8) is 0 Å². The first-order valence-electron chi connectivity index (χ1n) is 7.06. The zero-order chi connectivity index (χ0) is 12.7. The van der Waals surface area contributed by atoms with Crippen molar-refractivity contribution >= 4 is 29.9 Å². The van der Waals surface area contributed by atoms with E-state index in [2.05, 4.69) is 43.3 Å². The molecule has 0 aromatic carbocycles. The van der Waals surface area contributed by atoms with Gasteiger partial charge in [-0.15, -0.1) is 24.0 Å². The highest BCUT2D eigenvalue weighted by molar-refractivity contribution is 14.0. The quantitative estimate of drug-likeness (QED) is 0.453. The lowest BCUT2D eigenvalue weighted by molar-refractivity contribution is 0.384. The molecule has 0 radical (unpaired) electrons. The Balaban J connectivity index is 0.00000289. The lowest BCUT2D eigenvalue weighted by atomic mass is 9.92. The van der Waals surface area contributed by atoms with Crippen LogP contribution in [-0.4, -0.2) is 25.1 Å². The fourth-order valence-corrected chi connectivity index (χ4v) is 2.09. The van der Waals surface area contributed by atoms with Gasteiger partial charge < -0.3 is 10.6 Å². The molecule has 0 aromatic heterocycles. The van der Waals surface area contributed by atoms with E-state index in [0.29, 0.717) is 11.5 Å². The Labute approximate surface area is 130 Å². The molecule has 18 heavy (non-hydrogen) atoms. The van der Waals surface area contributed by atoms with Crippen molar-refractivity contribution in [2.45, 2.75) is 65.8 Å². The molecule has 0 spiro atoms. The maximum Gasteiger partial charge on any atom is 0.191 e. The number of nitrogens with zero attached hydrogens (tertiary/aromatic N) is 1. The molecule has 0 heterocycles. The summed E-state index contributed by atoms with van der Waals surface area (Å²) in [5.74, 6) is 1.00. The number of halogens is 1. The van der Waals surface area contributed by atoms with Gasteiger partial charge in [0.1, 0.15) is 0 Å². The maximum absolute atomic E-state index is 4.66. The van der Waals surface area contributed by atoms with Crippen LogP contribution in [0.5, 0.6) is 0 Å². The van der Waals surface area contributed by atoms with E-state index >= 15 is 0 Å². The Morgan fingerprint density at radius 3 is 2.33 bits per heavy atom. The van der Waals surface area contributed by atoms with Crippen molar-refractivity contribution in [2.75, 3.05) is 13.1 Å². The minimum atomic E-state index is 0. The highest BCUT2D eigenvalue weighted by Gasteiger charge is 2.16. The summed E-state index contributed by atoms with van der Waals surface area (Å²) in [7, 11) is 0. The minimum Gasteiger partial charge on any atom is -0.357 e. The Bertz CT molecular complexity index is 240. The second-order valence-corrected chi connectivity index (χ2v) is 6.20. The molecule has 0 unspecified atom stereocenters. The summed E-state index contributed by atoms with van der Waals surface area (Å²) in [5, 5.41) is 6.88. The molecule has 3 nitrogen and oxygen atoms in total. The van der Waals surface area contributed by atoms with E-state index in [-0.39, 0.29) is 24.0 Å². The molecule has 0 aliphatic heterocycles. The summed E-state index contributed by atoms with van der Waals surface area (Å²) < 4.78 is 0. The third-order valence-electron chi connectivity index (χ3n) is 3.17. The van der Waals surface area contributed by atoms with Gasteiger partial charge in [0.25, 0.3) is 0 Å². The Hall–Kier alpha value is 0. The van der Waals surface area contributed by atoms with E-state index in [0.717, 1.165) is 25.5 Å². The Morgan fingerprint density at radius 1 is 1.22 bits per heavy atom. The van der Waals surface area contributed by atoms with Crippen LogP contribution in [0.15, 0.2) is 4.99 Å². The Morgan fingerprint density at radius 2 is 1.83 bits per heavy atom. The van der Waals surface area contributed by atoms with Crippen LogP contribution in [0.2, 0.25) is 0 Å². The zero-order valence-electron chi connectivity index (χ0n) is 12.4. The summed E-state index contributed by atoms with van der Waals surface area (Å²) in [5.41, 5.74) is 0.369. The monoisotopic (exact) mass is 367 g/mol. The highest BCUT2D eigenvalue weighted by Crippen LogP contribution is 2.18. The summed E-state index contributed by atoms with van der Waals surface area (Å²) in [6.07, 6.45) is 6.44. The van der Waals surface area contributed by atoms with Crippen molar-refractivity contribution in [3.8, 4) is 0 Å². The van der Waals surface area contributed by atoms with E-state index in [1.807, 2.05) is 0 Å². The van der Waals surface area contributed by atoms with Crippen molar-refractivity contribution in [1.82, 2.24) is 10.6 Å². The van der Waals surface area contributed by atoms with Gasteiger partial charge in [-0.3, -0.25) is 4.99 Å². The lowest BCUT2D eigenvalue weighted by Crippen LogP contribution is -2.42. The third kappa shape index (κ3) is 8.16. The van der Waals surface area contributed by atoms with Gasteiger partial charge in [0.2, 0.25) is 0 Å². The van der Waals surface area contributed by atoms with Crippen LogP contribution < -0.4 is 10.6 Å². The molecule has 108 valence electrons. The molecule has 4 heteroatoms. The topological polar surface area (TPSA) is 36.4 Å². The van der Waals surface area contributed by atoms with Gasteiger partial charge in [-0.25, -0.2) is 0 Å². The average Bonchev–Trinajstić information content (AvgIpc) is 2.68. The van der Waals surface area contributed by atoms with E-state index < -0.39 is 0 Å². The van der Waals surface area contributed by atoms with Gasteiger partial charge in [0.15, 0.2) is 5.96 Å². The van der Waals surface area contributed by atoms with Crippen LogP contribution >= 0.6 is 24.0 Å². The molecule has 1 rings (SSSR count). The molecule has 1 aliphatic carbocycles. The normalized spacial score (nSPS) is 17.4. The fraction of sp³-hybridized carbons (Fsp3) is 0.929. The van der Waals surface area contributed by atoms with Gasteiger partial charge in [-0.05, 0) is 31.6 Å². The van der Waals surface area contributed by atoms with Gasteiger partial charge in [-0.1, -0.05) is 33.6 Å². The molecule has 1 fully saturated rings. The standard InChI is InChI=1S/C14H29N3.HI/c1-5-15-13(16-11-10-14(2,3)4)17-12-8-6-7-9-12;/h12H,5-11H2,1-4H3,(H2,15,16,17);1H. The molecule has 2 N–H and O–H groups in total. The van der Waals surface area contributed by atoms with Gasteiger partial charge in [0, 0.05) is 19.1 Å². The molecule has 1 saturated carbocycles. The van der Waals surface area contributed by atoms with Crippen molar-refractivity contribution < 1.29 is 0 Å². The highest BCUT2D eigenvalue weighted by atomic mass is 127. The fourth-order valence-electron chi connectivity index (χ4n) is 2.09.